The quantitative estimate of drug-likeness (QED) is 0.656. The standard InChI is InChI=1S/C12H23N/c1-9-3-5-11(6-4-9)12-7-8-13-10(12)2/h9-13H,3-8H2,1-2H3. The summed E-state index contributed by atoms with van der Waals surface area (Å²) in [6, 6.07) is 0.790. The highest BCUT2D eigenvalue weighted by Crippen LogP contribution is 2.37. The van der Waals surface area contributed by atoms with Crippen molar-refractivity contribution in [3.05, 3.63) is 0 Å². The molecule has 0 aromatic heterocycles. The normalized spacial score (nSPS) is 46.6. The van der Waals surface area contributed by atoms with E-state index in [-0.39, 0.29) is 0 Å². The van der Waals surface area contributed by atoms with Gasteiger partial charge in [0.15, 0.2) is 0 Å². The average molecular weight is 181 g/mol. The Labute approximate surface area is 82.3 Å². The van der Waals surface area contributed by atoms with Crippen LogP contribution in [-0.4, -0.2) is 12.6 Å². The molecule has 2 unspecified atom stereocenters. The van der Waals surface area contributed by atoms with Crippen molar-refractivity contribution in [1.82, 2.24) is 5.32 Å². The average Bonchev–Trinajstić information content (AvgIpc) is 2.53. The fraction of sp³-hybridized carbons (Fsp3) is 1.00. The minimum atomic E-state index is 0.790. The van der Waals surface area contributed by atoms with Gasteiger partial charge in [0.2, 0.25) is 0 Å². The summed E-state index contributed by atoms with van der Waals surface area (Å²) in [7, 11) is 0. The Kier molecular flexibility index (Phi) is 2.92. The first-order chi connectivity index (χ1) is 6.27. The second-order valence-corrected chi connectivity index (χ2v) is 5.22. The summed E-state index contributed by atoms with van der Waals surface area (Å²) >= 11 is 0. The lowest BCUT2D eigenvalue weighted by Crippen LogP contribution is -2.30. The Morgan fingerprint density at radius 3 is 2.15 bits per heavy atom. The van der Waals surface area contributed by atoms with E-state index in [1.54, 1.807) is 0 Å². The van der Waals surface area contributed by atoms with Crippen LogP contribution in [0.1, 0.15) is 46.0 Å². The van der Waals surface area contributed by atoms with E-state index in [2.05, 4.69) is 19.2 Å². The molecule has 1 aliphatic carbocycles. The predicted octanol–water partition coefficient (Wildman–Crippen LogP) is 2.81. The zero-order valence-electron chi connectivity index (χ0n) is 9.05. The van der Waals surface area contributed by atoms with E-state index >= 15 is 0 Å². The molecule has 2 atom stereocenters. The van der Waals surface area contributed by atoms with Crippen molar-refractivity contribution < 1.29 is 0 Å². The Balaban J connectivity index is 1.86. The Bertz CT molecular complexity index is 159. The minimum Gasteiger partial charge on any atom is -0.314 e. The van der Waals surface area contributed by atoms with Crippen molar-refractivity contribution in [3.8, 4) is 0 Å². The van der Waals surface area contributed by atoms with Crippen molar-refractivity contribution in [2.75, 3.05) is 6.54 Å². The zero-order valence-corrected chi connectivity index (χ0v) is 9.05. The van der Waals surface area contributed by atoms with Gasteiger partial charge in [0.05, 0.1) is 0 Å². The van der Waals surface area contributed by atoms with Crippen molar-refractivity contribution in [2.24, 2.45) is 17.8 Å². The molecule has 0 amide bonds. The van der Waals surface area contributed by atoms with E-state index < -0.39 is 0 Å². The number of nitrogens with one attached hydrogen (secondary N) is 1. The van der Waals surface area contributed by atoms with Gasteiger partial charge in [0.25, 0.3) is 0 Å². The first-order valence-electron chi connectivity index (χ1n) is 6.00. The van der Waals surface area contributed by atoms with E-state index in [4.69, 9.17) is 0 Å². The van der Waals surface area contributed by atoms with Gasteiger partial charge < -0.3 is 5.32 Å². The summed E-state index contributed by atoms with van der Waals surface area (Å²) in [6.07, 6.45) is 7.39. The Hall–Kier alpha value is -0.0400. The lowest BCUT2D eigenvalue weighted by Gasteiger charge is -2.32. The topological polar surface area (TPSA) is 12.0 Å². The smallest absolute Gasteiger partial charge is 0.00701 e. The molecule has 1 N–H and O–H groups in total. The molecule has 2 aliphatic rings. The number of hydrogen-bond acceptors (Lipinski definition) is 1. The van der Waals surface area contributed by atoms with Crippen LogP contribution in [0, 0.1) is 17.8 Å². The highest BCUT2D eigenvalue weighted by atomic mass is 14.9. The largest absolute Gasteiger partial charge is 0.314 e. The molecule has 2 rings (SSSR count). The van der Waals surface area contributed by atoms with Gasteiger partial charge in [-0.3, -0.25) is 0 Å². The third-order valence-corrected chi connectivity index (χ3v) is 4.25. The van der Waals surface area contributed by atoms with Crippen LogP contribution >= 0.6 is 0 Å². The Morgan fingerprint density at radius 2 is 1.62 bits per heavy atom. The third kappa shape index (κ3) is 2.07. The first kappa shape index (κ1) is 9.51. The molecule has 1 saturated heterocycles. The van der Waals surface area contributed by atoms with Crippen LogP contribution in [0.5, 0.6) is 0 Å². The lowest BCUT2D eigenvalue weighted by molar-refractivity contribution is 0.202. The molecular weight excluding hydrogens is 158 g/mol. The highest BCUT2D eigenvalue weighted by molar-refractivity contribution is 4.87. The molecule has 1 aliphatic heterocycles. The van der Waals surface area contributed by atoms with E-state index in [1.165, 1.54) is 38.6 Å². The van der Waals surface area contributed by atoms with Crippen LogP contribution in [0.3, 0.4) is 0 Å². The Morgan fingerprint density at radius 1 is 0.923 bits per heavy atom. The first-order valence-corrected chi connectivity index (χ1v) is 6.00. The molecule has 13 heavy (non-hydrogen) atoms. The predicted molar refractivity (Wildman–Crippen MR) is 56.7 cm³/mol. The summed E-state index contributed by atoms with van der Waals surface area (Å²) in [5, 5.41) is 3.58. The second-order valence-electron chi connectivity index (χ2n) is 5.22. The molecule has 1 nitrogen and oxygen atoms in total. The minimum absolute atomic E-state index is 0.790. The maximum atomic E-state index is 3.58. The monoisotopic (exact) mass is 181 g/mol. The second kappa shape index (κ2) is 4.00. The van der Waals surface area contributed by atoms with Crippen molar-refractivity contribution in [1.29, 1.82) is 0 Å². The summed E-state index contributed by atoms with van der Waals surface area (Å²) in [6.45, 7) is 6.04. The molecule has 1 heterocycles. The summed E-state index contributed by atoms with van der Waals surface area (Å²) < 4.78 is 0. The maximum Gasteiger partial charge on any atom is 0.00701 e. The van der Waals surface area contributed by atoms with Gasteiger partial charge >= 0.3 is 0 Å². The van der Waals surface area contributed by atoms with E-state index in [9.17, 15) is 0 Å². The molecule has 1 heteroatoms. The van der Waals surface area contributed by atoms with Crippen LogP contribution in [0.2, 0.25) is 0 Å². The number of rotatable bonds is 1. The van der Waals surface area contributed by atoms with Crippen LogP contribution in [-0.2, 0) is 0 Å². The van der Waals surface area contributed by atoms with Gasteiger partial charge in [0.1, 0.15) is 0 Å². The van der Waals surface area contributed by atoms with Gasteiger partial charge in [-0.2, -0.15) is 0 Å². The van der Waals surface area contributed by atoms with E-state index in [1.807, 2.05) is 0 Å². The van der Waals surface area contributed by atoms with Crippen molar-refractivity contribution in [3.63, 3.8) is 0 Å². The van der Waals surface area contributed by atoms with E-state index in [0.717, 1.165) is 23.8 Å². The van der Waals surface area contributed by atoms with Crippen LogP contribution in [0.4, 0.5) is 0 Å². The van der Waals surface area contributed by atoms with Gasteiger partial charge in [-0.15, -0.1) is 0 Å². The van der Waals surface area contributed by atoms with Crippen molar-refractivity contribution in [2.45, 2.75) is 52.0 Å². The molecule has 0 aromatic rings. The van der Waals surface area contributed by atoms with Crippen molar-refractivity contribution >= 4 is 0 Å². The van der Waals surface area contributed by atoms with Gasteiger partial charge in [-0.1, -0.05) is 19.8 Å². The van der Waals surface area contributed by atoms with Crippen LogP contribution < -0.4 is 5.32 Å². The molecule has 0 bridgehead atoms. The van der Waals surface area contributed by atoms with Gasteiger partial charge in [-0.05, 0) is 50.5 Å². The zero-order chi connectivity index (χ0) is 9.26. The summed E-state index contributed by atoms with van der Waals surface area (Å²) in [5.41, 5.74) is 0. The fourth-order valence-electron chi connectivity index (χ4n) is 3.24. The SMILES string of the molecule is CC1CCC(C2CCNC2C)CC1. The fourth-order valence-corrected chi connectivity index (χ4v) is 3.24. The van der Waals surface area contributed by atoms with E-state index in [0.29, 0.717) is 0 Å². The summed E-state index contributed by atoms with van der Waals surface area (Å²) in [5.74, 6) is 3.04. The van der Waals surface area contributed by atoms with Crippen LogP contribution in [0.15, 0.2) is 0 Å². The third-order valence-electron chi connectivity index (χ3n) is 4.25. The molecule has 76 valence electrons. The molecular formula is C12H23N. The molecule has 1 saturated carbocycles. The molecule has 0 aromatic carbocycles. The van der Waals surface area contributed by atoms with Gasteiger partial charge in [-0.25, -0.2) is 0 Å². The molecule has 2 fully saturated rings. The van der Waals surface area contributed by atoms with Gasteiger partial charge in [0, 0.05) is 6.04 Å². The number of hydrogen-bond donors (Lipinski definition) is 1. The van der Waals surface area contributed by atoms with Crippen LogP contribution in [0.25, 0.3) is 0 Å². The molecule has 0 spiro atoms. The lowest BCUT2D eigenvalue weighted by atomic mass is 9.74. The molecule has 0 radical (unpaired) electrons. The maximum absolute atomic E-state index is 3.58. The summed E-state index contributed by atoms with van der Waals surface area (Å²) in [4.78, 5) is 0. The highest BCUT2D eigenvalue weighted by Gasteiger charge is 2.32.